The molecule has 2 aromatic rings. The molecule has 1 atom stereocenters. The number of thiophene rings is 1. The molecular weight excluding hydrogens is 268 g/mol. The highest BCUT2D eigenvalue weighted by atomic mass is 35.5. The van der Waals surface area contributed by atoms with Gasteiger partial charge in [-0.15, -0.1) is 23.7 Å². The van der Waals surface area contributed by atoms with E-state index in [2.05, 4.69) is 5.32 Å². The van der Waals surface area contributed by atoms with Crippen LogP contribution < -0.4 is 11.1 Å². The molecule has 0 saturated heterocycles. The van der Waals surface area contributed by atoms with Gasteiger partial charge in [-0.05, 0) is 19.4 Å². The molecular formula is C13H17ClN2OS. The minimum Gasteiger partial charge on any atom is -0.352 e. The molecule has 0 aliphatic carbocycles. The van der Waals surface area contributed by atoms with E-state index in [1.165, 1.54) is 0 Å². The standard InChI is InChI=1S/C13H16N2OS.ClH/c1-9(14)6-7-15-13(16)11-8-17-12-5-3-2-4-10(11)12;/h2-5,8-9H,6-7,14H2,1H3,(H,15,16);1H. The summed E-state index contributed by atoms with van der Waals surface area (Å²) in [5.41, 5.74) is 6.40. The van der Waals surface area contributed by atoms with Gasteiger partial charge in [0.25, 0.3) is 5.91 Å². The molecule has 1 unspecified atom stereocenters. The molecule has 1 amide bonds. The maximum atomic E-state index is 12.0. The Hall–Kier alpha value is -1.10. The van der Waals surface area contributed by atoms with Gasteiger partial charge in [0, 0.05) is 28.1 Å². The van der Waals surface area contributed by atoms with Crippen LogP contribution in [0.1, 0.15) is 23.7 Å². The largest absolute Gasteiger partial charge is 0.352 e. The molecule has 0 aliphatic heterocycles. The van der Waals surface area contributed by atoms with Crippen molar-refractivity contribution in [1.29, 1.82) is 0 Å². The number of carbonyl (C=O) groups is 1. The molecule has 0 fully saturated rings. The molecule has 1 aromatic carbocycles. The quantitative estimate of drug-likeness (QED) is 0.907. The van der Waals surface area contributed by atoms with Gasteiger partial charge in [0.2, 0.25) is 0 Å². The van der Waals surface area contributed by atoms with Crippen LogP contribution in [0.25, 0.3) is 10.1 Å². The first-order valence-electron chi connectivity index (χ1n) is 5.68. The van der Waals surface area contributed by atoms with Crippen LogP contribution in [-0.4, -0.2) is 18.5 Å². The summed E-state index contributed by atoms with van der Waals surface area (Å²) in [4.78, 5) is 12.0. The molecule has 0 bridgehead atoms. The van der Waals surface area contributed by atoms with E-state index in [0.29, 0.717) is 6.54 Å². The van der Waals surface area contributed by atoms with Gasteiger partial charge in [-0.3, -0.25) is 4.79 Å². The van der Waals surface area contributed by atoms with E-state index in [1.54, 1.807) is 11.3 Å². The molecule has 18 heavy (non-hydrogen) atoms. The SMILES string of the molecule is CC(N)CCNC(=O)c1csc2ccccc12.Cl. The fraction of sp³-hybridized carbons (Fsp3) is 0.308. The lowest BCUT2D eigenvalue weighted by Gasteiger charge is -2.06. The maximum absolute atomic E-state index is 12.0. The van der Waals surface area contributed by atoms with E-state index in [-0.39, 0.29) is 24.4 Å². The Balaban J connectivity index is 0.00000162. The van der Waals surface area contributed by atoms with E-state index in [9.17, 15) is 4.79 Å². The summed E-state index contributed by atoms with van der Waals surface area (Å²) in [5, 5.41) is 5.83. The molecule has 5 heteroatoms. The summed E-state index contributed by atoms with van der Waals surface area (Å²) >= 11 is 1.60. The monoisotopic (exact) mass is 284 g/mol. The number of rotatable bonds is 4. The number of nitrogens with one attached hydrogen (secondary N) is 1. The van der Waals surface area contributed by atoms with E-state index < -0.39 is 0 Å². The zero-order chi connectivity index (χ0) is 12.3. The second-order valence-corrected chi connectivity index (χ2v) is 5.08. The normalized spacial score (nSPS) is 11.9. The number of benzene rings is 1. The van der Waals surface area contributed by atoms with Crippen molar-refractivity contribution in [2.45, 2.75) is 19.4 Å². The van der Waals surface area contributed by atoms with Crippen LogP contribution >= 0.6 is 23.7 Å². The van der Waals surface area contributed by atoms with Crippen molar-refractivity contribution in [3.05, 3.63) is 35.2 Å². The first kappa shape index (κ1) is 15.0. The summed E-state index contributed by atoms with van der Waals surface area (Å²) in [6.45, 7) is 2.56. The molecule has 1 aromatic heterocycles. The van der Waals surface area contributed by atoms with Crippen LogP contribution in [0.3, 0.4) is 0 Å². The van der Waals surface area contributed by atoms with Crippen molar-refractivity contribution in [3.63, 3.8) is 0 Å². The second-order valence-electron chi connectivity index (χ2n) is 4.17. The van der Waals surface area contributed by atoms with Gasteiger partial charge in [-0.1, -0.05) is 18.2 Å². The Labute approximate surface area is 117 Å². The van der Waals surface area contributed by atoms with Gasteiger partial charge in [0.05, 0.1) is 5.56 Å². The zero-order valence-electron chi connectivity index (χ0n) is 10.2. The lowest BCUT2D eigenvalue weighted by Crippen LogP contribution is -2.28. The van der Waals surface area contributed by atoms with Crippen LogP contribution in [0.2, 0.25) is 0 Å². The number of halogens is 1. The number of hydrogen-bond donors (Lipinski definition) is 2. The molecule has 3 N–H and O–H groups in total. The van der Waals surface area contributed by atoms with Crippen molar-refractivity contribution >= 4 is 39.7 Å². The van der Waals surface area contributed by atoms with Gasteiger partial charge in [-0.2, -0.15) is 0 Å². The minimum atomic E-state index is -0.0110. The molecule has 0 saturated carbocycles. The Morgan fingerprint density at radius 1 is 1.44 bits per heavy atom. The van der Waals surface area contributed by atoms with Crippen molar-refractivity contribution in [1.82, 2.24) is 5.32 Å². The van der Waals surface area contributed by atoms with Crippen LogP contribution in [0.5, 0.6) is 0 Å². The molecule has 0 aliphatic rings. The van der Waals surface area contributed by atoms with Gasteiger partial charge < -0.3 is 11.1 Å². The fourth-order valence-electron chi connectivity index (χ4n) is 1.66. The highest BCUT2D eigenvalue weighted by Crippen LogP contribution is 2.25. The Morgan fingerprint density at radius 2 is 2.17 bits per heavy atom. The molecule has 0 radical (unpaired) electrons. The molecule has 1 heterocycles. The third kappa shape index (κ3) is 3.45. The first-order valence-corrected chi connectivity index (χ1v) is 6.56. The van der Waals surface area contributed by atoms with E-state index in [4.69, 9.17) is 5.73 Å². The second kappa shape index (κ2) is 6.73. The van der Waals surface area contributed by atoms with Crippen molar-refractivity contribution < 1.29 is 4.79 Å². The number of nitrogens with two attached hydrogens (primary N) is 1. The molecule has 98 valence electrons. The molecule has 3 nitrogen and oxygen atoms in total. The average molecular weight is 285 g/mol. The average Bonchev–Trinajstić information content (AvgIpc) is 2.72. The number of hydrogen-bond acceptors (Lipinski definition) is 3. The van der Waals surface area contributed by atoms with Crippen LogP contribution in [0.15, 0.2) is 29.6 Å². The number of amides is 1. The third-order valence-corrected chi connectivity index (χ3v) is 3.57. The summed E-state index contributed by atoms with van der Waals surface area (Å²) in [6, 6.07) is 8.06. The summed E-state index contributed by atoms with van der Waals surface area (Å²) in [6.07, 6.45) is 0.799. The maximum Gasteiger partial charge on any atom is 0.252 e. The Kier molecular flexibility index (Phi) is 5.59. The Bertz CT molecular complexity index is 524. The highest BCUT2D eigenvalue weighted by molar-refractivity contribution is 7.17. The number of carbonyl (C=O) groups excluding carboxylic acids is 1. The predicted octanol–water partition coefficient (Wildman–Crippen LogP) is 2.79. The van der Waals surface area contributed by atoms with Gasteiger partial charge in [0.15, 0.2) is 0 Å². The lowest BCUT2D eigenvalue weighted by atomic mass is 10.1. The van der Waals surface area contributed by atoms with Crippen molar-refractivity contribution in [2.75, 3.05) is 6.54 Å². The smallest absolute Gasteiger partial charge is 0.252 e. The fourth-order valence-corrected chi connectivity index (χ4v) is 2.60. The topological polar surface area (TPSA) is 55.1 Å². The third-order valence-electron chi connectivity index (χ3n) is 2.61. The predicted molar refractivity (Wildman–Crippen MR) is 79.7 cm³/mol. The number of fused-ring (bicyclic) bond motifs is 1. The Morgan fingerprint density at radius 3 is 2.89 bits per heavy atom. The lowest BCUT2D eigenvalue weighted by molar-refractivity contribution is 0.0955. The zero-order valence-corrected chi connectivity index (χ0v) is 11.8. The van der Waals surface area contributed by atoms with Crippen LogP contribution in [0, 0.1) is 0 Å². The van der Waals surface area contributed by atoms with Crippen LogP contribution in [0.4, 0.5) is 0 Å². The van der Waals surface area contributed by atoms with Crippen molar-refractivity contribution in [2.24, 2.45) is 5.73 Å². The summed E-state index contributed by atoms with van der Waals surface area (Å²) in [5.74, 6) is -0.0110. The van der Waals surface area contributed by atoms with E-state index in [1.807, 2.05) is 36.6 Å². The van der Waals surface area contributed by atoms with Crippen molar-refractivity contribution in [3.8, 4) is 0 Å². The molecule has 0 spiro atoms. The van der Waals surface area contributed by atoms with Gasteiger partial charge in [0.1, 0.15) is 0 Å². The van der Waals surface area contributed by atoms with E-state index in [0.717, 1.165) is 22.1 Å². The van der Waals surface area contributed by atoms with Crippen LogP contribution in [-0.2, 0) is 0 Å². The highest BCUT2D eigenvalue weighted by Gasteiger charge is 2.11. The van der Waals surface area contributed by atoms with Gasteiger partial charge >= 0.3 is 0 Å². The first-order chi connectivity index (χ1) is 8.18. The summed E-state index contributed by atoms with van der Waals surface area (Å²) < 4.78 is 1.14. The minimum absolute atomic E-state index is 0. The summed E-state index contributed by atoms with van der Waals surface area (Å²) in [7, 11) is 0. The molecule has 2 rings (SSSR count). The van der Waals surface area contributed by atoms with Gasteiger partial charge in [-0.25, -0.2) is 0 Å². The van der Waals surface area contributed by atoms with E-state index >= 15 is 0 Å².